The van der Waals surface area contributed by atoms with Gasteiger partial charge in [0.05, 0.1) is 12.6 Å². The molecule has 0 amide bonds. The van der Waals surface area contributed by atoms with E-state index in [1.807, 2.05) is 24.3 Å². The number of benzene rings is 1. The highest BCUT2D eigenvalue weighted by Crippen LogP contribution is 2.41. The quantitative estimate of drug-likeness (QED) is 0.885. The fourth-order valence-electron chi connectivity index (χ4n) is 1.80. The molecule has 5 nitrogen and oxygen atoms in total. The number of nitrogens with two attached hydrogens (primary N) is 1. The van der Waals surface area contributed by atoms with E-state index in [9.17, 15) is 0 Å². The molecular formula is C13H15N3O2. The molecule has 0 saturated heterocycles. The minimum atomic E-state index is -0.356. The van der Waals surface area contributed by atoms with Crippen LogP contribution in [0.5, 0.6) is 5.75 Å². The minimum absolute atomic E-state index is 0.356. The molecule has 2 N–H and O–H groups in total. The standard InChI is InChI=1S/C13H15N3O2/c1-17-10-4-2-9(3-5-10)8-11-15-12(18-16-11)13(14)6-7-13/h2-5H,6-8,14H2,1H3. The van der Waals surface area contributed by atoms with Gasteiger partial charge in [-0.1, -0.05) is 17.3 Å². The molecule has 1 aromatic carbocycles. The summed E-state index contributed by atoms with van der Waals surface area (Å²) in [6.45, 7) is 0. The van der Waals surface area contributed by atoms with Gasteiger partial charge in [-0.05, 0) is 30.5 Å². The van der Waals surface area contributed by atoms with Crippen molar-refractivity contribution in [1.82, 2.24) is 10.1 Å². The molecule has 1 aliphatic rings. The highest BCUT2D eigenvalue weighted by atomic mass is 16.5. The molecule has 1 fully saturated rings. The molecule has 1 aliphatic carbocycles. The van der Waals surface area contributed by atoms with Gasteiger partial charge in [-0.25, -0.2) is 0 Å². The number of hydrogen-bond donors (Lipinski definition) is 1. The van der Waals surface area contributed by atoms with E-state index >= 15 is 0 Å². The maximum atomic E-state index is 6.00. The van der Waals surface area contributed by atoms with Crippen LogP contribution in [0.15, 0.2) is 28.8 Å². The SMILES string of the molecule is COc1ccc(Cc2noc(C3(N)CC3)n2)cc1. The topological polar surface area (TPSA) is 74.2 Å². The van der Waals surface area contributed by atoms with E-state index in [0.29, 0.717) is 18.1 Å². The summed E-state index contributed by atoms with van der Waals surface area (Å²) >= 11 is 0. The second kappa shape index (κ2) is 4.10. The van der Waals surface area contributed by atoms with Crippen LogP contribution in [0.4, 0.5) is 0 Å². The molecule has 0 bridgehead atoms. The Hall–Kier alpha value is -1.88. The first-order chi connectivity index (χ1) is 8.69. The first-order valence-electron chi connectivity index (χ1n) is 5.94. The molecule has 0 atom stereocenters. The normalized spacial score (nSPS) is 16.6. The molecule has 5 heteroatoms. The Labute approximate surface area is 105 Å². The van der Waals surface area contributed by atoms with Gasteiger partial charge in [-0.3, -0.25) is 0 Å². The van der Waals surface area contributed by atoms with Gasteiger partial charge in [0.25, 0.3) is 0 Å². The molecule has 0 spiro atoms. The van der Waals surface area contributed by atoms with Crippen LogP contribution >= 0.6 is 0 Å². The Bertz CT molecular complexity index is 544. The van der Waals surface area contributed by atoms with E-state index in [1.54, 1.807) is 7.11 Å². The van der Waals surface area contributed by atoms with Crippen LogP contribution in [0.25, 0.3) is 0 Å². The van der Waals surface area contributed by atoms with Gasteiger partial charge in [-0.2, -0.15) is 4.98 Å². The Kier molecular flexibility index (Phi) is 2.56. The molecule has 1 heterocycles. The largest absolute Gasteiger partial charge is 0.497 e. The van der Waals surface area contributed by atoms with E-state index in [2.05, 4.69) is 10.1 Å². The number of aromatic nitrogens is 2. The Morgan fingerprint density at radius 3 is 2.67 bits per heavy atom. The van der Waals surface area contributed by atoms with Crippen LogP contribution in [-0.4, -0.2) is 17.3 Å². The van der Waals surface area contributed by atoms with E-state index in [-0.39, 0.29) is 5.54 Å². The third kappa shape index (κ3) is 2.09. The van der Waals surface area contributed by atoms with Gasteiger partial charge in [-0.15, -0.1) is 0 Å². The summed E-state index contributed by atoms with van der Waals surface area (Å²) < 4.78 is 10.3. The maximum Gasteiger partial charge on any atom is 0.246 e. The van der Waals surface area contributed by atoms with Crippen molar-refractivity contribution in [2.24, 2.45) is 5.73 Å². The van der Waals surface area contributed by atoms with E-state index in [1.165, 1.54) is 0 Å². The predicted octanol–water partition coefficient (Wildman–Crippen LogP) is 1.62. The number of hydrogen-bond acceptors (Lipinski definition) is 5. The molecule has 1 aromatic heterocycles. The van der Waals surface area contributed by atoms with Gasteiger partial charge in [0.15, 0.2) is 5.82 Å². The second-order valence-corrected chi connectivity index (χ2v) is 4.70. The van der Waals surface area contributed by atoms with Crippen LogP contribution in [0.3, 0.4) is 0 Å². The molecule has 94 valence electrons. The van der Waals surface area contributed by atoms with Gasteiger partial charge in [0.2, 0.25) is 5.89 Å². The highest BCUT2D eigenvalue weighted by molar-refractivity contribution is 5.28. The van der Waals surface area contributed by atoms with Gasteiger partial charge < -0.3 is 15.0 Å². The van der Waals surface area contributed by atoms with Crippen molar-refractivity contribution in [3.63, 3.8) is 0 Å². The van der Waals surface area contributed by atoms with Gasteiger partial charge in [0, 0.05) is 6.42 Å². The zero-order valence-corrected chi connectivity index (χ0v) is 10.2. The fourth-order valence-corrected chi connectivity index (χ4v) is 1.80. The Morgan fingerprint density at radius 1 is 1.33 bits per heavy atom. The number of nitrogens with zero attached hydrogens (tertiary/aromatic N) is 2. The molecule has 0 unspecified atom stereocenters. The van der Waals surface area contributed by atoms with Crippen molar-refractivity contribution in [3.8, 4) is 5.75 Å². The molecule has 0 radical (unpaired) electrons. The second-order valence-electron chi connectivity index (χ2n) is 4.70. The summed E-state index contributed by atoms with van der Waals surface area (Å²) in [6.07, 6.45) is 2.50. The smallest absolute Gasteiger partial charge is 0.246 e. The lowest BCUT2D eigenvalue weighted by Crippen LogP contribution is -2.19. The van der Waals surface area contributed by atoms with E-state index < -0.39 is 0 Å². The van der Waals surface area contributed by atoms with Crippen LogP contribution in [0.2, 0.25) is 0 Å². The molecule has 18 heavy (non-hydrogen) atoms. The van der Waals surface area contributed by atoms with Gasteiger partial charge >= 0.3 is 0 Å². The maximum absolute atomic E-state index is 6.00. The molecule has 1 saturated carbocycles. The zero-order chi connectivity index (χ0) is 12.6. The van der Waals surface area contributed by atoms with Gasteiger partial charge in [0.1, 0.15) is 5.75 Å². The molecular weight excluding hydrogens is 230 g/mol. The number of rotatable bonds is 4. The van der Waals surface area contributed by atoms with Crippen molar-refractivity contribution < 1.29 is 9.26 Å². The van der Waals surface area contributed by atoms with Crippen LogP contribution in [0, 0.1) is 0 Å². The highest BCUT2D eigenvalue weighted by Gasteiger charge is 2.45. The lowest BCUT2D eigenvalue weighted by atomic mass is 10.1. The summed E-state index contributed by atoms with van der Waals surface area (Å²) in [5.41, 5.74) is 6.76. The average Bonchev–Trinajstić information content (AvgIpc) is 2.97. The summed E-state index contributed by atoms with van der Waals surface area (Å²) in [6, 6.07) is 7.82. The summed E-state index contributed by atoms with van der Waals surface area (Å²) in [5.74, 6) is 2.07. The Balaban J connectivity index is 1.73. The van der Waals surface area contributed by atoms with E-state index in [0.717, 1.165) is 24.2 Å². The first-order valence-corrected chi connectivity index (χ1v) is 5.94. The molecule has 2 aromatic rings. The third-order valence-electron chi connectivity index (χ3n) is 3.20. The van der Waals surface area contributed by atoms with Crippen molar-refractivity contribution in [2.75, 3.05) is 7.11 Å². The summed E-state index contributed by atoms with van der Waals surface area (Å²) in [5, 5.41) is 3.96. The first kappa shape index (κ1) is 11.2. The minimum Gasteiger partial charge on any atom is -0.497 e. The number of ether oxygens (including phenoxy) is 1. The third-order valence-corrected chi connectivity index (χ3v) is 3.20. The van der Waals surface area contributed by atoms with Crippen LogP contribution < -0.4 is 10.5 Å². The van der Waals surface area contributed by atoms with E-state index in [4.69, 9.17) is 15.0 Å². The number of methoxy groups -OCH3 is 1. The predicted molar refractivity (Wildman–Crippen MR) is 65.2 cm³/mol. The lowest BCUT2D eigenvalue weighted by Gasteiger charge is -2.00. The average molecular weight is 245 g/mol. The summed E-state index contributed by atoms with van der Waals surface area (Å²) in [4.78, 5) is 4.35. The Morgan fingerprint density at radius 2 is 2.06 bits per heavy atom. The fraction of sp³-hybridized carbons (Fsp3) is 0.385. The van der Waals surface area contributed by atoms with Crippen LogP contribution in [0.1, 0.15) is 30.1 Å². The zero-order valence-electron chi connectivity index (χ0n) is 10.2. The van der Waals surface area contributed by atoms with Crippen molar-refractivity contribution in [1.29, 1.82) is 0 Å². The molecule has 0 aliphatic heterocycles. The molecule has 3 rings (SSSR count). The van der Waals surface area contributed by atoms with Crippen LogP contribution in [-0.2, 0) is 12.0 Å². The van der Waals surface area contributed by atoms with Crippen molar-refractivity contribution in [2.45, 2.75) is 24.8 Å². The summed E-state index contributed by atoms with van der Waals surface area (Å²) in [7, 11) is 1.65. The monoisotopic (exact) mass is 245 g/mol. The van der Waals surface area contributed by atoms with Crippen molar-refractivity contribution in [3.05, 3.63) is 41.5 Å². The lowest BCUT2D eigenvalue weighted by molar-refractivity contribution is 0.344. The van der Waals surface area contributed by atoms with Crippen molar-refractivity contribution >= 4 is 0 Å².